The summed E-state index contributed by atoms with van der Waals surface area (Å²) in [5, 5.41) is 41.5. The van der Waals surface area contributed by atoms with Gasteiger partial charge in [0.25, 0.3) is 0 Å². The van der Waals surface area contributed by atoms with Gasteiger partial charge in [0.15, 0.2) is 0 Å². The zero-order valence-corrected chi connectivity index (χ0v) is 29.3. The summed E-state index contributed by atoms with van der Waals surface area (Å²) in [5.41, 5.74) is 0.142. The van der Waals surface area contributed by atoms with Gasteiger partial charge in [0.1, 0.15) is 22.6 Å². The van der Waals surface area contributed by atoms with Crippen LogP contribution >= 0.6 is 0 Å². The second kappa shape index (κ2) is 24.5. The SMILES string of the molecule is CCCCCCCCOC(=O)Nc1ccc(C(=O)O)c(O)c1.CCCCCCCCOC(=O)Nc1ccc(C(=O)O)c(O)c1.[Zn]. The number of hydrogen-bond donors (Lipinski definition) is 6. The van der Waals surface area contributed by atoms with E-state index in [9.17, 15) is 29.4 Å². The largest absolute Gasteiger partial charge is 0.507 e. The van der Waals surface area contributed by atoms with Crippen LogP contribution in [0.4, 0.5) is 21.0 Å². The third-order valence-corrected chi connectivity index (χ3v) is 6.41. The van der Waals surface area contributed by atoms with Gasteiger partial charge in [-0.1, -0.05) is 78.1 Å². The maximum absolute atomic E-state index is 11.5. The quantitative estimate of drug-likeness (QED) is 0.0662. The molecule has 0 spiro atoms. The number of carboxylic acids is 2. The van der Waals surface area contributed by atoms with Crippen LogP contribution in [0.15, 0.2) is 36.4 Å². The number of nitrogens with one attached hydrogen (secondary N) is 2. The van der Waals surface area contributed by atoms with E-state index < -0.39 is 35.6 Å². The summed E-state index contributed by atoms with van der Waals surface area (Å²) in [6.07, 6.45) is 12.0. The number of amides is 2. The summed E-state index contributed by atoms with van der Waals surface area (Å²) >= 11 is 0. The fourth-order valence-electron chi connectivity index (χ4n) is 3.98. The molecule has 0 unspecified atom stereocenters. The van der Waals surface area contributed by atoms with Crippen molar-refractivity contribution in [1.82, 2.24) is 0 Å². The number of benzene rings is 2. The van der Waals surface area contributed by atoms with Gasteiger partial charge in [-0.25, -0.2) is 19.2 Å². The van der Waals surface area contributed by atoms with Crippen LogP contribution in [0.1, 0.15) is 112 Å². The Hall–Kier alpha value is -3.86. The smallest absolute Gasteiger partial charge is 0.411 e. The van der Waals surface area contributed by atoms with E-state index in [1.807, 2.05) is 0 Å². The van der Waals surface area contributed by atoms with E-state index in [2.05, 4.69) is 24.5 Å². The van der Waals surface area contributed by atoms with E-state index in [-0.39, 0.29) is 42.0 Å². The van der Waals surface area contributed by atoms with E-state index in [1.165, 1.54) is 74.9 Å². The van der Waals surface area contributed by atoms with Crippen molar-refractivity contribution in [3.8, 4) is 11.5 Å². The van der Waals surface area contributed by atoms with Crippen molar-refractivity contribution in [1.29, 1.82) is 0 Å². The molecule has 2 aromatic rings. The summed E-state index contributed by atoms with van der Waals surface area (Å²) in [7, 11) is 0. The molecule has 6 N–H and O–H groups in total. The number of rotatable bonds is 18. The van der Waals surface area contributed by atoms with Gasteiger partial charge in [-0.05, 0) is 37.1 Å². The minimum Gasteiger partial charge on any atom is -0.507 e. The van der Waals surface area contributed by atoms with Gasteiger partial charge >= 0.3 is 24.1 Å². The molecule has 13 heteroatoms. The summed E-state index contributed by atoms with van der Waals surface area (Å²) in [6.45, 7) is 5.01. The van der Waals surface area contributed by atoms with Crippen molar-refractivity contribution < 1.29 is 68.6 Å². The van der Waals surface area contributed by atoms with E-state index in [1.54, 1.807) is 0 Å². The van der Waals surface area contributed by atoms with E-state index in [0.717, 1.165) is 38.5 Å². The van der Waals surface area contributed by atoms with Crippen LogP contribution in [0.25, 0.3) is 0 Å². The van der Waals surface area contributed by atoms with Gasteiger partial charge in [0.2, 0.25) is 0 Å². The van der Waals surface area contributed by atoms with Gasteiger partial charge in [-0.3, -0.25) is 10.6 Å². The number of anilines is 2. The Labute approximate surface area is 277 Å². The molecule has 0 atom stereocenters. The topological polar surface area (TPSA) is 192 Å². The van der Waals surface area contributed by atoms with Gasteiger partial charge in [-0.2, -0.15) is 0 Å². The number of carboxylic acid groups (broad SMARTS) is 2. The molecule has 246 valence electrons. The van der Waals surface area contributed by atoms with Gasteiger partial charge in [0, 0.05) is 43.0 Å². The summed E-state index contributed by atoms with van der Waals surface area (Å²) in [4.78, 5) is 44.6. The van der Waals surface area contributed by atoms with Gasteiger partial charge < -0.3 is 29.9 Å². The molecule has 0 bridgehead atoms. The molecular formula is C32H46N2O10Zn. The van der Waals surface area contributed by atoms with Crippen LogP contribution in [0.2, 0.25) is 0 Å². The Kier molecular flexibility index (Phi) is 22.4. The first-order chi connectivity index (χ1) is 21.1. The summed E-state index contributed by atoms with van der Waals surface area (Å²) < 4.78 is 10.0. The second-order valence-corrected chi connectivity index (χ2v) is 10.1. The first-order valence-corrected chi connectivity index (χ1v) is 15.1. The Bertz CT molecular complexity index is 1100. The first kappa shape index (κ1) is 41.1. The molecule has 12 nitrogen and oxygen atoms in total. The average molecular weight is 684 g/mol. The zero-order valence-electron chi connectivity index (χ0n) is 26.3. The molecular weight excluding hydrogens is 638 g/mol. The molecule has 0 fully saturated rings. The van der Waals surface area contributed by atoms with Crippen LogP contribution in [0.3, 0.4) is 0 Å². The van der Waals surface area contributed by atoms with Crippen LogP contribution < -0.4 is 10.6 Å². The van der Waals surface area contributed by atoms with Crippen molar-refractivity contribution >= 4 is 35.5 Å². The number of aromatic hydroxyl groups is 2. The summed E-state index contributed by atoms with van der Waals surface area (Å²) in [5.74, 6) is -3.26. The van der Waals surface area contributed by atoms with Crippen molar-refractivity contribution in [2.75, 3.05) is 23.8 Å². The molecule has 45 heavy (non-hydrogen) atoms. The van der Waals surface area contributed by atoms with Crippen molar-refractivity contribution in [2.45, 2.75) is 90.9 Å². The normalized spacial score (nSPS) is 10.0. The van der Waals surface area contributed by atoms with Crippen LogP contribution in [-0.2, 0) is 29.0 Å². The maximum atomic E-state index is 11.5. The number of unbranched alkanes of at least 4 members (excludes halogenated alkanes) is 10. The predicted molar refractivity (Wildman–Crippen MR) is 167 cm³/mol. The number of carbonyl (C=O) groups is 4. The number of hydrogen-bond acceptors (Lipinski definition) is 8. The standard InChI is InChI=1S/2C16H23NO5.Zn/c2*1-2-3-4-5-6-7-10-22-16(21)17-12-8-9-13(15(19)20)14(18)11-12;/h2*8-9,11,18H,2-7,10H2,1H3,(H,17,21)(H,19,20);. The van der Waals surface area contributed by atoms with Gasteiger partial charge in [-0.15, -0.1) is 0 Å². The predicted octanol–water partition coefficient (Wildman–Crippen LogP) is 8.00. The molecule has 0 aromatic heterocycles. The molecule has 0 saturated heterocycles. The molecule has 0 radical (unpaired) electrons. The van der Waals surface area contributed by atoms with Crippen LogP contribution in [-0.4, -0.2) is 57.8 Å². The van der Waals surface area contributed by atoms with Crippen molar-refractivity contribution in [2.24, 2.45) is 0 Å². The fraction of sp³-hybridized carbons (Fsp3) is 0.500. The molecule has 2 aromatic carbocycles. The number of ether oxygens (including phenoxy) is 2. The average Bonchev–Trinajstić information content (AvgIpc) is 2.96. The van der Waals surface area contributed by atoms with Crippen molar-refractivity contribution in [3.63, 3.8) is 0 Å². The van der Waals surface area contributed by atoms with Gasteiger partial charge in [0.05, 0.1) is 13.2 Å². The Morgan fingerprint density at radius 1 is 0.578 bits per heavy atom. The molecule has 0 heterocycles. The van der Waals surface area contributed by atoms with E-state index in [0.29, 0.717) is 13.2 Å². The van der Waals surface area contributed by atoms with Crippen LogP contribution in [0, 0.1) is 0 Å². The Balaban J connectivity index is 0.000000842. The van der Waals surface area contributed by atoms with Crippen LogP contribution in [0.5, 0.6) is 11.5 Å². The fourth-order valence-corrected chi connectivity index (χ4v) is 3.98. The zero-order chi connectivity index (χ0) is 32.7. The maximum Gasteiger partial charge on any atom is 0.411 e. The third-order valence-electron chi connectivity index (χ3n) is 6.41. The van der Waals surface area contributed by atoms with Crippen molar-refractivity contribution in [3.05, 3.63) is 47.5 Å². The molecule has 2 rings (SSSR count). The number of carbonyl (C=O) groups excluding carboxylic acids is 2. The molecule has 0 aliphatic heterocycles. The molecule has 2 amide bonds. The monoisotopic (exact) mass is 682 g/mol. The molecule has 0 aliphatic rings. The summed E-state index contributed by atoms with van der Waals surface area (Å²) in [6, 6.07) is 7.59. The molecule has 0 saturated carbocycles. The third kappa shape index (κ3) is 18.5. The van der Waals surface area contributed by atoms with E-state index >= 15 is 0 Å². The second-order valence-electron chi connectivity index (χ2n) is 10.1. The number of phenols is 2. The Morgan fingerprint density at radius 3 is 1.22 bits per heavy atom. The minimum absolute atomic E-state index is 0. The van der Waals surface area contributed by atoms with E-state index in [4.69, 9.17) is 19.7 Å². The minimum atomic E-state index is -1.23. The first-order valence-electron chi connectivity index (χ1n) is 15.1. The Morgan fingerprint density at radius 2 is 0.911 bits per heavy atom. The number of aromatic carboxylic acids is 2. The molecule has 0 aliphatic carbocycles.